The quantitative estimate of drug-likeness (QED) is 0.839. The van der Waals surface area contributed by atoms with Gasteiger partial charge in [-0.05, 0) is 23.6 Å². The molecule has 0 radical (unpaired) electrons. The highest BCUT2D eigenvalue weighted by atomic mass is 32.1. The number of phenolic OH excluding ortho intramolecular Hbond substituents is 1. The van der Waals surface area contributed by atoms with E-state index in [1.807, 2.05) is 0 Å². The van der Waals surface area contributed by atoms with Crippen LogP contribution < -0.4 is 4.74 Å². The van der Waals surface area contributed by atoms with Crippen LogP contribution in [0.4, 0.5) is 0 Å². The first-order valence-corrected chi connectivity index (χ1v) is 6.15. The number of hydrogen-bond acceptors (Lipinski definition) is 5. The van der Waals surface area contributed by atoms with Crippen LogP contribution in [0, 0.1) is 0 Å². The summed E-state index contributed by atoms with van der Waals surface area (Å²) in [5, 5.41) is 20.5. The van der Waals surface area contributed by atoms with Gasteiger partial charge in [-0.3, -0.25) is 4.79 Å². The van der Waals surface area contributed by atoms with E-state index in [4.69, 9.17) is 9.84 Å². The van der Waals surface area contributed by atoms with Gasteiger partial charge in [0.25, 0.3) is 0 Å². The van der Waals surface area contributed by atoms with Gasteiger partial charge >= 0.3 is 5.97 Å². The fourth-order valence-corrected chi connectivity index (χ4v) is 2.32. The van der Waals surface area contributed by atoms with Gasteiger partial charge in [0.1, 0.15) is 0 Å². The number of aromatic hydroxyl groups is 1. The summed E-state index contributed by atoms with van der Waals surface area (Å²) in [5.41, 5.74) is -0.263. The van der Waals surface area contributed by atoms with Gasteiger partial charge in [0.05, 0.1) is 17.6 Å². The van der Waals surface area contributed by atoms with Crippen molar-refractivity contribution in [1.82, 2.24) is 0 Å². The van der Waals surface area contributed by atoms with Crippen LogP contribution in [0.2, 0.25) is 0 Å². The van der Waals surface area contributed by atoms with E-state index in [0.717, 1.165) is 12.1 Å². The minimum absolute atomic E-state index is 0.0140. The first kappa shape index (κ1) is 13.1. The summed E-state index contributed by atoms with van der Waals surface area (Å²) in [7, 11) is 1.31. The van der Waals surface area contributed by atoms with E-state index in [1.54, 1.807) is 17.5 Å². The number of ether oxygens (including phenoxy) is 1. The third-order valence-electron chi connectivity index (χ3n) is 2.54. The summed E-state index contributed by atoms with van der Waals surface area (Å²) < 4.78 is 4.84. The topological polar surface area (TPSA) is 83.8 Å². The maximum atomic E-state index is 12.2. The van der Waals surface area contributed by atoms with E-state index >= 15 is 0 Å². The minimum atomic E-state index is -1.25. The molecular formula is C13H10O5S. The zero-order valence-corrected chi connectivity index (χ0v) is 10.7. The zero-order chi connectivity index (χ0) is 14.0. The Hall–Kier alpha value is -2.34. The average Bonchev–Trinajstić information content (AvgIpc) is 2.91. The number of benzene rings is 1. The number of phenols is 1. The normalized spacial score (nSPS) is 10.2. The molecule has 98 valence electrons. The summed E-state index contributed by atoms with van der Waals surface area (Å²) in [6.07, 6.45) is 0. The molecule has 6 heteroatoms. The molecule has 0 fully saturated rings. The van der Waals surface area contributed by atoms with Crippen molar-refractivity contribution in [3.8, 4) is 11.5 Å². The van der Waals surface area contributed by atoms with Gasteiger partial charge in [0.2, 0.25) is 5.78 Å². The molecule has 5 nitrogen and oxygen atoms in total. The lowest BCUT2D eigenvalue weighted by molar-refractivity contribution is 0.0692. The molecule has 0 atom stereocenters. The van der Waals surface area contributed by atoms with E-state index < -0.39 is 11.8 Å². The Balaban J connectivity index is 2.59. The molecule has 19 heavy (non-hydrogen) atoms. The maximum absolute atomic E-state index is 12.2. The van der Waals surface area contributed by atoms with Crippen LogP contribution in [0.15, 0.2) is 29.6 Å². The Bertz CT molecular complexity index is 631. The lowest BCUT2D eigenvalue weighted by Gasteiger charge is -2.09. The van der Waals surface area contributed by atoms with Gasteiger partial charge < -0.3 is 14.9 Å². The second kappa shape index (κ2) is 5.11. The number of aromatic carboxylic acids is 1. The molecule has 1 heterocycles. The summed E-state index contributed by atoms with van der Waals surface area (Å²) in [6.45, 7) is 0. The number of carbonyl (C=O) groups excluding carboxylic acids is 1. The van der Waals surface area contributed by atoms with Crippen molar-refractivity contribution in [1.29, 1.82) is 0 Å². The number of carboxylic acid groups (broad SMARTS) is 1. The third kappa shape index (κ3) is 2.43. The molecule has 2 aromatic rings. The van der Waals surface area contributed by atoms with Gasteiger partial charge in [0.15, 0.2) is 11.5 Å². The van der Waals surface area contributed by atoms with Crippen LogP contribution in [0.3, 0.4) is 0 Å². The van der Waals surface area contributed by atoms with Crippen LogP contribution in [-0.2, 0) is 0 Å². The first-order valence-electron chi connectivity index (χ1n) is 5.27. The number of thiophene rings is 1. The van der Waals surface area contributed by atoms with Crippen molar-refractivity contribution in [2.75, 3.05) is 7.11 Å². The molecule has 0 bridgehead atoms. The highest BCUT2D eigenvalue weighted by Gasteiger charge is 2.21. The fourth-order valence-electron chi connectivity index (χ4n) is 1.64. The van der Waals surface area contributed by atoms with Crippen molar-refractivity contribution in [3.05, 3.63) is 45.6 Å². The molecule has 0 unspecified atom stereocenters. The van der Waals surface area contributed by atoms with Gasteiger partial charge in [-0.25, -0.2) is 4.79 Å². The Kier molecular flexibility index (Phi) is 3.52. The zero-order valence-electron chi connectivity index (χ0n) is 9.91. The molecule has 0 saturated carbocycles. The first-order chi connectivity index (χ1) is 9.04. The van der Waals surface area contributed by atoms with Crippen LogP contribution >= 0.6 is 11.3 Å². The summed E-state index contributed by atoms with van der Waals surface area (Å²) in [4.78, 5) is 23.8. The van der Waals surface area contributed by atoms with Crippen molar-refractivity contribution < 1.29 is 24.5 Å². The summed E-state index contributed by atoms with van der Waals surface area (Å²) in [5.74, 6) is -1.95. The lowest BCUT2D eigenvalue weighted by atomic mass is 10.0. The molecular weight excluding hydrogens is 268 g/mol. The van der Waals surface area contributed by atoms with Crippen molar-refractivity contribution in [3.63, 3.8) is 0 Å². The number of rotatable bonds is 4. The SMILES string of the molecule is COc1cc(C(=O)O)c(C(=O)c2cccs2)cc1O. The average molecular weight is 278 g/mol. The Morgan fingerprint density at radius 2 is 2.00 bits per heavy atom. The number of hydrogen-bond donors (Lipinski definition) is 2. The van der Waals surface area contributed by atoms with E-state index in [0.29, 0.717) is 4.88 Å². The molecule has 0 aliphatic heterocycles. The van der Waals surface area contributed by atoms with Crippen molar-refractivity contribution in [2.24, 2.45) is 0 Å². The van der Waals surface area contributed by atoms with Gasteiger partial charge in [-0.2, -0.15) is 0 Å². The molecule has 0 amide bonds. The van der Waals surface area contributed by atoms with E-state index in [1.165, 1.54) is 18.4 Å². The van der Waals surface area contributed by atoms with Crippen LogP contribution in [-0.4, -0.2) is 29.1 Å². The van der Waals surface area contributed by atoms with E-state index in [-0.39, 0.29) is 22.6 Å². The second-order valence-corrected chi connectivity index (χ2v) is 4.63. The number of carbonyl (C=O) groups is 2. The second-order valence-electron chi connectivity index (χ2n) is 3.68. The van der Waals surface area contributed by atoms with Gasteiger partial charge in [0, 0.05) is 5.56 Å². The molecule has 0 spiro atoms. The molecule has 2 N–H and O–H groups in total. The Morgan fingerprint density at radius 3 is 2.53 bits per heavy atom. The minimum Gasteiger partial charge on any atom is -0.504 e. The highest BCUT2D eigenvalue weighted by Crippen LogP contribution is 2.31. The van der Waals surface area contributed by atoms with Crippen molar-refractivity contribution in [2.45, 2.75) is 0 Å². The lowest BCUT2D eigenvalue weighted by Crippen LogP contribution is -2.09. The molecule has 1 aromatic carbocycles. The largest absolute Gasteiger partial charge is 0.504 e. The monoisotopic (exact) mass is 278 g/mol. The number of methoxy groups -OCH3 is 1. The fraction of sp³-hybridized carbons (Fsp3) is 0.0769. The molecule has 2 rings (SSSR count). The number of ketones is 1. The molecule has 0 aliphatic rings. The summed E-state index contributed by atoms with van der Waals surface area (Å²) >= 11 is 1.21. The van der Waals surface area contributed by atoms with E-state index in [2.05, 4.69) is 0 Å². The van der Waals surface area contributed by atoms with Gasteiger partial charge in [-0.1, -0.05) is 6.07 Å². The predicted octanol–water partition coefficient (Wildman–Crippen LogP) is 2.39. The highest BCUT2D eigenvalue weighted by molar-refractivity contribution is 7.12. The van der Waals surface area contributed by atoms with Crippen LogP contribution in [0.1, 0.15) is 25.6 Å². The third-order valence-corrected chi connectivity index (χ3v) is 3.41. The Morgan fingerprint density at radius 1 is 1.26 bits per heavy atom. The van der Waals surface area contributed by atoms with Gasteiger partial charge in [-0.15, -0.1) is 11.3 Å². The molecule has 0 aliphatic carbocycles. The molecule has 1 aromatic heterocycles. The van der Waals surface area contributed by atoms with Crippen LogP contribution in [0.25, 0.3) is 0 Å². The Labute approximate surface area is 112 Å². The van der Waals surface area contributed by atoms with Crippen molar-refractivity contribution >= 4 is 23.1 Å². The summed E-state index contributed by atoms with van der Waals surface area (Å²) in [6, 6.07) is 5.55. The molecule has 0 saturated heterocycles. The predicted molar refractivity (Wildman–Crippen MR) is 69.4 cm³/mol. The van der Waals surface area contributed by atoms with E-state index in [9.17, 15) is 14.7 Å². The maximum Gasteiger partial charge on any atom is 0.336 e. The van der Waals surface area contributed by atoms with Crippen LogP contribution in [0.5, 0.6) is 11.5 Å². The number of carboxylic acids is 1. The standard InChI is InChI=1S/C13H10O5S/c1-18-10-6-8(13(16)17)7(5-9(10)14)12(15)11-3-2-4-19-11/h2-6,14H,1H3,(H,16,17). The smallest absolute Gasteiger partial charge is 0.336 e.